The number of nitrogens with zero attached hydrogens (tertiary/aromatic N) is 5. The van der Waals surface area contributed by atoms with Gasteiger partial charge in [0.1, 0.15) is 5.82 Å². The second kappa shape index (κ2) is 6.94. The smallest absolute Gasteiger partial charge is 0.164 e. The van der Waals surface area contributed by atoms with Crippen molar-refractivity contribution in [2.24, 2.45) is 7.05 Å². The number of hydrogen-bond donors (Lipinski definition) is 1. The molecule has 8 heteroatoms. The van der Waals surface area contributed by atoms with Crippen LogP contribution in [0.2, 0.25) is 0 Å². The Labute approximate surface area is 161 Å². The molecule has 1 saturated heterocycles. The molecule has 28 heavy (non-hydrogen) atoms. The zero-order valence-corrected chi connectivity index (χ0v) is 15.7. The molecule has 1 aromatic carbocycles. The summed E-state index contributed by atoms with van der Waals surface area (Å²) in [6.45, 7) is 2.99. The molecule has 0 atom stereocenters. The van der Waals surface area contributed by atoms with Gasteiger partial charge >= 0.3 is 0 Å². The van der Waals surface area contributed by atoms with E-state index in [4.69, 9.17) is 0 Å². The Hall–Kier alpha value is -2.87. The van der Waals surface area contributed by atoms with Crippen LogP contribution in [0.3, 0.4) is 0 Å². The number of hydrogen-bond acceptors (Lipinski definition) is 5. The average molecular weight is 385 g/mol. The van der Waals surface area contributed by atoms with Crippen molar-refractivity contribution in [3.8, 4) is 11.4 Å². The molecule has 3 heterocycles. The van der Waals surface area contributed by atoms with Gasteiger partial charge in [0.25, 0.3) is 0 Å². The van der Waals surface area contributed by atoms with Crippen LogP contribution in [-0.4, -0.2) is 37.9 Å². The van der Waals surface area contributed by atoms with Gasteiger partial charge < -0.3 is 10.0 Å². The lowest BCUT2D eigenvalue weighted by molar-refractivity contribution is 0.0113. The van der Waals surface area contributed by atoms with Gasteiger partial charge in [-0.05, 0) is 43.5 Å². The van der Waals surface area contributed by atoms with Crippen LogP contribution in [0.5, 0.6) is 0 Å². The summed E-state index contributed by atoms with van der Waals surface area (Å²) in [5, 5.41) is 15.3. The van der Waals surface area contributed by atoms with Gasteiger partial charge in [-0.2, -0.15) is 5.10 Å². The quantitative estimate of drug-likeness (QED) is 0.751. The summed E-state index contributed by atoms with van der Waals surface area (Å²) in [7, 11) is 1.85. The number of halogens is 2. The van der Waals surface area contributed by atoms with Crippen LogP contribution in [0.4, 0.5) is 14.6 Å². The third-order valence-electron chi connectivity index (χ3n) is 5.27. The number of piperidine rings is 1. The maximum Gasteiger partial charge on any atom is 0.164 e. The van der Waals surface area contributed by atoms with E-state index in [0.717, 1.165) is 29.2 Å². The summed E-state index contributed by atoms with van der Waals surface area (Å²) >= 11 is 0. The summed E-state index contributed by atoms with van der Waals surface area (Å²) in [4.78, 5) is 11.1. The van der Waals surface area contributed by atoms with E-state index in [9.17, 15) is 13.9 Å². The highest BCUT2D eigenvalue weighted by atomic mass is 19.2. The molecule has 1 fully saturated rings. The van der Waals surface area contributed by atoms with Crippen molar-refractivity contribution in [1.82, 2.24) is 19.7 Å². The van der Waals surface area contributed by atoms with Gasteiger partial charge in [-0.1, -0.05) is 6.07 Å². The summed E-state index contributed by atoms with van der Waals surface area (Å²) < 4.78 is 28.5. The molecule has 0 bridgehead atoms. The van der Waals surface area contributed by atoms with E-state index in [2.05, 4.69) is 20.0 Å². The Morgan fingerprint density at radius 1 is 1.11 bits per heavy atom. The summed E-state index contributed by atoms with van der Waals surface area (Å²) in [6.07, 6.45) is 4.37. The lowest BCUT2D eigenvalue weighted by atomic mass is 9.84. The van der Waals surface area contributed by atoms with E-state index in [1.165, 1.54) is 6.07 Å². The lowest BCUT2D eigenvalue weighted by Gasteiger charge is -2.39. The average Bonchev–Trinajstić information content (AvgIpc) is 3.03. The minimum absolute atomic E-state index is 0.392. The van der Waals surface area contributed by atoms with E-state index in [0.29, 0.717) is 37.3 Å². The first-order valence-corrected chi connectivity index (χ1v) is 9.12. The molecule has 3 aromatic rings. The van der Waals surface area contributed by atoms with Crippen LogP contribution in [0.25, 0.3) is 11.4 Å². The first-order valence-electron chi connectivity index (χ1n) is 9.12. The second-order valence-electron chi connectivity index (χ2n) is 7.19. The van der Waals surface area contributed by atoms with Crippen LogP contribution in [0, 0.1) is 18.6 Å². The van der Waals surface area contributed by atoms with Crippen LogP contribution in [0.1, 0.15) is 24.1 Å². The number of aryl methyl sites for hydroxylation is 2. The summed E-state index contributed by atoms with van der Waals surface area (Å²) in [5.41, 5.74) is 0.951. The molecule has 1 aliphatic heterocycles. The van der Waals surface area contributed by atoms with Crippen molar-refractivity contribution in [3.63, 3.8) is 0 Å². The molecule has 0 saturated carbocycles. The van der Waals surface area contributed by atoms with Crippen LogP contribution < -0.4 is 4.90 Å². The maximum atomic E-state index is 13.6. The summed E-state index contributed by atoms with van der Waals surface area (Å²) in [6, 6.07) is 5.42. The molecule has 1 aliphatic rings. The molecule has 0 spiro atoms. The Morgan fingerprint density at radius 3 is 2.50 bits per heavy atom. The fraction of sp³-hybridized carbons (Fsp3) is 0.350. The van der Waals surface area contributed by atoms with Gasteiger partial charge in [0.15, 0.2) is 17.5 Å². The number of benzene rings is 1. The predicted octanol–water partition coefficient (Wildman–Crippen LogP) is 2.95. The molecule has 146 valence electrons. The number of rotatable bonds is 3. The molecule has 0 amide bonds. The van der Waals surface area contributed by atoms with E-state index in [-0.39, 0.29) is 0 Å². The van der Waals surface area contributed by atoms with Gasteiger partial charge in [0, 0.05) is 32.5 Å². The highest BCUT2D eigenvalue weighted by Crippen LogP contribution is 2.35. The maximum absolute atomic E-state index is 13.6. The van der Waals surface area contributed by atoms with Gasteiger partial charge in [-0.15, -0.1) is 0 Å². The zero-order valence-electron chi connectivity index (χ0n) is 15.7. The lowest BCUT2D eigenvalue weighted by Crippen LogP contribution is -2.43. The third kappa shape index (κ3) is 3.35. The highest BCUT2D eigenvalue weighted by molar-refractivity contribution is 5.59. The second-order valence-corrected chi connectivity index (χ2v) is 7.19. The van der Waals surface area contributed by atoms with Crippen LogP contribution in [-0.2, 0) is 12.6 Å². The molecular weight excluding hydrogens is 364 g/mol. The van der Waals surface area contributed by atoms with Crippen molar-refractivity contribution in [2.45, 2.75) is 25.4 Å². The standard InChI is InChI=1S/C20H21F2N5O/c1-13-15(12-26(2)25-13)19-23-8-5-18(24-19)27-9-6-20(28,7-10-27)14-3-4-16(21)17(22)11-14/h3-5,8,11-12,28H,6-7,9-10H2,1-2H3. The number of anilines is 1. The van der Waals surface area contributed by atoms with Crippen LogP contribution >= 0.6 is 0 Å². The summed E-state index contributed by atoms with van der Waals surface area (Å²) in [5.74, 6) is -0.491. The third-order valence-corrected chi connectivity index (χ3v) is 5.27. The van der Waals surface area contributed by atoms with E-state index >= 15 is 0 Å². The molecule has 1 N–H and O–H groups in total. The molecular formula is C20H21F2N5O. The normalized spacial score (nSPS) is 16.4. The predicted molar refractivity (Wildman–Crippen MR) is 101 cm³/mol. The molecule has 2 aromatic heterocycles. The van der Waals surface area contributed by atoms with Gasteiger partial charge in [-0.25, -0.2) is 18.7 Å². The van der Waals surface area contributed by atoms with Crippen molar-refractivity contribution >= 4 is 5.82 Å². The van der Waals surface area contributed by atoms with Gasteiger partial charge in [0.2, 0.25) is 0 Å². The van der Waals surface area contributed by atoms with E-state index < -0.39 is 17.2 Å². The highest BCUT2D eigenvalue weighted by Gasteiger charge is 2.35. The molecule has 0 unspecified atom stereocenters. The minimum atomic E-state index is -1.18. The molecule has 0 aliphatic carbocycles. The topological polar surface area (TPSA) is 67.1 Å². The SMILES string of the molecule is Cc1nn(C)cc1-c1nccc(N2CCC(O)(c3ccc(F)c(F)c3)CC2)n1. The zero-order chi connectivity index (χ0) is 19.9. The fourth-order valence-electron chi connectivity index (χ4n) is 3.65. The van der Waals surface area contributed by atoms with Crippen molar-refractivity contribution in [1.29, 1.82) is 0 Å². The minimum Gasteiger partial charge on any atom is -0.385 e. The molecule has 0 radical (unpaired) electrons. The van der Waals surface area contributed by atoms with Crippen molar-refractivity contribution in [3.05, 3.63) is 59.6 Å². The monoisotopic (exact) mass is 385 g/mol. The molecule has 6 nitrogen and oxygen atoms in total. The molecule has 4 rings (SSSR count). The number of aliphatic hydroxyl groups is 1. The van der Waals surface area contributed by atoms with Gasteiger partial charge in [-0.3, -0.25) is 4.68 Å². The Morgan fingerprint density at radius 2 is 1.86 bits per heavy atom. The van der Waals surface area contributed by atoms with E-state index in [1.807, 2.05) is 26.2 Å². The Kier molecular flexibility index (Phi) is 4.58. The first-order chi connectivity index (χ1) is 13.4. The van der Waals surface area contributed by atoms with Gasteiger partial charge in [0.05, 0.1) is 16.9 Å². The first kappa shape index (κ1) is 18.5. The van der Waals surface area contributed by atoms with Crippen LogP contribution in [0.15, 0.2) is 36.7 Å². The Bertz CT molecular complexity index is 1010. The Balaban J connectivity index is 1.53. The van der Waals surface area contributed by atoms with E-state index in [1.54, 1.807) is 10.9 Å². The number of aromatic nitrogens is 4. The fourth-order valence-corrected chi connectivity index (χ4v) is 3.65. The van der Waals surface area contributed by atoms with Crippen molar-refractivity contribution in [2.75, 3.05) is 18.0 Å². The largest absolute Gasteiger partial charge is 0.385 e. The van der Waals surface area contributed by atoms with Crippen molar-refractivity contribution < 1.29 is 13.9 Å².